The van der Waals surface area contributed by atoms with E-state index in [4.69, 9.17) is 4.74 Å². The van der Waals surface area contributed by atoms with E-state index in [1.54, 1.807) is 0 Å². The molecule has 0 aliphatic rings. The molecule has 0 aliphatic carbocycles. The van der Waals surface area contributed by atoms with Gasteiger partial charge >= 0.3 is 0 Å². The summed E-state index contributed by atoms with van der Waals surface area (Å²) in [4.78, 5) is 0. The number of aliphatic hydroxyl groups excluding tert-OH is 1. The zero-order valence-corrected chi connectivity index (χ0v) is 11.0. The van der Waals surface area contributed by atoms with Crippen LogP contribution < -0.4 is 4.74 Å². The predicted molar refractivity (Wildman–Crippen MR) is 71.3 cm³/mol. The van der Waals surface area contributed by atoms with Crippen LogP contribution in [0.3, 0.4) is 0 Å². The molecule has 0 saturated heterocycles. The van der Waals surface area contributed by atoms with Gasteiger partial charge in [0.25, 0.3) is 0 Å². The summed E-state index contributed by atoms with van der Waals surface area (Å²) in [5.74, 6) is 0.870. The van der Waals surface area contributed by atoms with Gasteiger partial charge < -0.3 is 9.84 Å². The standard InChI is InChI=1S/C15H24O2/c1-3-5-6-7-8-15(16)13-9-11-14(12-10-13)17-4-2/h9-12,15-16H,3-8H2,1-2H3. The summed E-state index contributed by atoms with van der Waals surface area (Å²) in [7, 11) is 0. The van der Waals surface area contributed by atoms with Crippen molar-refractivity contribution >= 4 is 0 Å². The highest BCUT2D eigenvalue weighted by Gasteiger charge is 2.06. The first kappa shape index (κ1) is 14.0. The topological polar surface area (TPSA) is 29.5 Å². The Morgan fingerprint density at radius 1 is 1.06 bits per heavy atom. The van der Waals surface area contributed by atoms with E-state index in [1.165, 1.54) is 19.3 Å². The lowest BCUT2D eigenvalue weighted by Crippen LogP contribution is -1.98. The third-order valence-electron chi connectivity index (χ3n) is 2.91. The molecule has 0 heterocycles. The zero-order valence-electron chi connectivity index (χ0n) is 11.0. The van der Waals surface area contributed by atoms with E-state index in [2.05, 4.69) is 6.92 Å². The molecule has 1 aromatic carbocycles. The molecule has 0 bridgehead atoms. The zero-order chi connectivity index (χ0) is 12.5. The molecule has 1 unspecified atom stereocenters. The molecular formula is C15H24O2. The van der Waals surface area contributed by atoms with Gasteiger partial charge in [-0.3, -0.25) is 0 Å². The van der Waals surface area contributed by atoms with E-state index in [0.29, 0.717) is 6.61 Å². The average molecular weight is 236 g/mol. The highest BCUT2D eigenvalue weighted by atomic mass is 16.5. The van der Waals surface area contributed by atoms with Crippen LogP contribution in [-0.4, -0.2) is 11.7 Å². The lowest BCUT2D eigenvalue weighted by atomic mass is 10.0. The maximum absolute atomic E-state index is 10.00. The maximum atomic E-state index is 10.00. The SMILES string of the molecule is CCCCCCC(O)c1ccc(OCC)cc1. The minimum atomic E-state index is -0.331. The first-order valence-corrected chi connectivity index (χ1v) is 6.68. The molecular weight excluding hydrogens is 212 g/mol. The Kier molecular flexibility index (Phi) is 6.71. The predicted octanol–water partition coefficient (Wildman–Crippen LogP) is 4.09. The van der Waals surface area contributed by atoms with E-state index >= 15 is 0 Å². The molecule has 0 spiro atoms. The van der Waals surface area contributed by atoms with Gasteiger partial charge in [0.15, 0.2) is 0 Å². The number of hydrogen-bond donors (Lipinski definition) is 1. The largest absolute Gasteiger partial charge is 0.494 e. The van der Waals surface area contributed by atoms with Gasteiger partial charge in [-0.25, -0.2) is 0 Å². The molecule has 0 fully saturated rings. The third kappa shape index (κ3) is 5.22. The molecule has 0 aromatic heterocycles. The summed E-state index contributed by atoms with van der Waals surface area (Å²) in [6.07, 6.45) is 5.33. The minimum Gasteiger partial charge on any atom is -0.494 e. The molecule has 2 nitrogen and oxygen atoms in total. The normalized spacial score (nSPS) is 12.4. The second-order valence-corrected chi connectivity index (χ2v) is 4.37. The molecule has 96 valence electrons. The van der Waals surface area contributed by atoms with E-state index in [9.17, 15) is 5.11 Å². The summed E-state index contributed by atoms with van der Waals surface area (Å²) < 4.78 is 5.37. The highest BCUT2D eigenvalue weighted by Crippen LogP contribution is 2.22. The van der Waals surface area contributed by atoms with Crippen molar-refractivity contribution in [2.24, 2.45) is 0 Å². The summed E-state index contributed by atoms with van der Waals surface area (Å²) in [5, 5.41) is 10.00. The van der Waals surface area contributed by atoms with Crippen LogP contribution in [0.25, 0.3) is 0 Å². The fourth-order valence-corrected chi connectivity index (χ4v) is 1.88. The Bertz CT molecular complexity index is 292. The highest BCUT2D eigenvalue weighted by molar-refractivity contribution is 5.28. The number of hydrogen-bond acceptors (Lipinski definition) is 2. The Balaban J connectivity index is 2.37. The molecule has 17 heavy (non-hydrogen) atoms. The molecule has 0 aliphatic heterocycles. The third-order valence-corrected chi connectivity index (χ3v) is 2.91. The Morgan fingerprint density at radius 2 is 1.76 bits per heavy atom. The van der Waals surface area contributed by atoms with Crippen LogP contribution in [0.15, 0.2) is 24.3 Å². The number of rotatable bonds is 8. The van der Waals surface area contributed by atoms with Crippen molar-refractivity contribution in [3.8, 4) is 5.75 Å². The van der Waals surface area contributed by atoms with Crippen LogP contribution in [0.1, 0.15) is 57.6 Å². The van der Waals surface area contributed by atoms with Crippen LogP contribution in [0, 0.1) is 0 Å². The lowest BCUT2D eigenvalue weighted by molar-refractivity contribution is 0.163. The maximum Gasteiger partial charge on any atom is 0.119 e. The Hall–Kier alpha value is -1.02. The summed E-state index contributed by atoms with van der Waals surface area (Å²) in [6, 6.07) is 7.76. The number of unbranched alkanes of at least 4 members (excludes halogenated alkanes) is 3. The fourth-order valence-electron chi connectivity index (χ4n) is 1.88. The van der Waals surface area contributed by atoms with Crippen LogP contribution in [0.2, 0.25) is 0 Å². The van der Waals surface area contributed by atoms with E-state index in [-0.39, 0.29) is 6.10 Å². The smallest absolute Gasteiger partial charge is 0.119 e. The number of benzene rings is 1. The monoisotopic (exact) mass is 236 g/mol. The minimum absolute atomic E-state index is 0.331. The van der Waals surface area contributed by atoms with Crippen LogP contribution >= 0.6 is 0 Å². The van der Waals surface area contributed by atoms with Crippen molar-refractivity contribution in [2.45, 2.75) is 52.1 Å². The van der Waals surface area contributed by atoms with Crippen molar-refractivity contribution < 1.29 is 9.84 Å². The molecule has 0 radical (unpaired) electrons. The Labute approximate surface area is 105 Å². The summed E-state index contributed by atoms with van der Waals surface area (Å²) in [6.45, 7) is 4.85. The summed E-state index contributed by atoms with van der Waals surface area (Å²) in [5.41, 5.74) is 0.991. The van der Waals surface area contributed by atoms with Crippen molar-refractivity contribution in [2.75, 3.05) is 6.61 Å². The van der Waals surface area contributed by atoms with Crippen molar-refractivity contribution in [1.29, 1.82) is 0 Å². The van der Waals surface area contributed by atoms with Gasteiger partial charge in [0.1, 0.15) is 5.75 Å². The molecule has 0 saturated carbocycles. The van der Waals surface area contributed by atoms with Gasteiger partial charge in [0, 0.05) is 0 Å². The molecule has 0 amide bonds. The molecule has 1 rings (SSSR count). The number of aliphatic hydroxyl groups is 1. The lowest BCUT2D eigenvalue weighted by Gasteiger charge is -2.11. The van der Waals surface area contributed by atoms with Gasteiger partial charge in [0.2, 0.25) is 0 Å². The Morgan fingerprint density at radius 3 is 2.35 bits per heavy atom. The van der Waals surface area contributed by atoms with Crippen LogP contribution in [0.5, 0.6) is 5.75 Å². The van der Waals surface area contributed by atoms with E-state index in [0.717, 1.165) is 24.2 Å². The molecule has 2 heteroatoms. The summed E-state index contributed by atoms with van der Waals surface area (Å²) >= 11 is 0. The first-order chi connectivity index (χ1) is 8.27. The number of ether oxygens (including phenoxy) is 1. The first-order valence-electron chi connectivity index (χ1n) is 6.68. The van der Waals surface area contributed by atoms with E-state index < -0.39 is 0 Å². The van der Waals surface area contributed by atoms with Gasteiger partial charge in [-0.15, -0.1) is 0 Å². The molecule has 1 N–H and O–H groups in total. The van der Waals surface area contributed by atoms with Gasteiger partial charge in [0.05, 0.1) is 12.7 Å². The van der Waals surface area contributed by atoms with Crippen molar-refractivity contribution in [1.82, 2.24) is 0 Å². The second kappa shape index (κ2) is 8.13. The van der Waals surface area contributed by atoms with Gasteiger partial charge in [-0.2, -0.15) is 0 Å². The van der Waals surface area contributed by atoms with E-state index in [1.807, 2.05) is 31.2 Å². The second-order valence-electron chi connectivity index (χ2n) is 4.37. The molecule has 1 aromatic rings. The van der Waals surface area contributed by atoms with Crippen LogP contribution in [0.4, 0.5) is 0 Å². The quantitative estimate of drug-likeness (QED) is 0.689. The molecule has 1 atom stereocenters. The average Bonchev–Trinajstić information content (AvgIpc) is 2.36. The van der Waals surface area contributed by atoms with Gasteiger partial charge in [-0.1, -0.05) is 44.7 Å². The van der Waals surface area contributed by atoms with Crippen molar-refractivity contribution in [3.05, 3.63) is 29.8 Å². The fraction of sp³-hybridized carbons (Fsp3) is 0.600. The van der Waals surface area contributed by atoms with Gasteiger partial charge in [-0.05, 0) is 31.0 Å². The van der Waals surface area contributed by atoms with Crippen LogP contribution in [-0.2, 0) is 0 Å². The van der Waals surface area contributed by atoms with Crippen molar-refractivity contribution in [3.63, 3.8) is 0 Å².